The van der Waals surface area contributed by atoms with Crippen LogP contribution < -0.4 is 5.73 Å². The first-order valence-corrected chi connectivity index (χ1v) is 8.96. The highest BCUT2D eigenvalue weighted by Gasteiger charge is 2.43. The maximum absolute atomic E-state index is 12.7. The lowest BCUT2D eigenvalue weighted by Gasteiger charge is -2.37. The van der Waals surface area contributed by atoms with E-state index in [1.54, 1.807) is 6.92 Å². The SMILES string of the molecule is CCOC(=O)C1CCCN1S(=O)(=O)N1CCC(C)C(N)C1. The van der Waals surface area contributed by atoms with Crippen molar-refractivity contribution in [1.82, 2.24) is 8.61 Å². The predicted molar refractivity (Wildman–Crippen MR) is 78.6 cm³/mol. The minimum atomic E-state index is -3.64. The molecule has 2 rings (SSSR count). The molecule has 0 aliphatic carbocycles. The third kappa shape index (κ3) is 3.39. The van der Waals surface area contributed by atoms with Crippen molar-refractivity contribution in [1.29, 1.82) is 0 Å². The average Bonchev–Trinajstić information content (AvgIpc) is 2.92. The number of esters is 1. The van der Waals surface area contributed by atoms with Crippen LogP contribution in [0.2, 0.25) is 0 Å². The first-order valence-electron chi connectivity index (χ1n) is 7.57. The standard InChI is InChI=1S/C13H25N3O4S/c1-3-20-13(17)12-5-4-7-16(12)21(18,19)15-8-6-10(2)11(14)9-15/h10-12H,3-9,14H2,1-2H3. The van der Waals surface area contributed by atoms with Gasteiger partial charge in [0.25, 0.3) is 10.2 Å². The highest BCUT2D eigenvalue weighted by molar-refractivity contribution is 7.86. The van der Waals surface area contributed by atoms with Crippen LogP contribution in [0.5, 0.6) is 0 Å². The Kier molecular flexibility index (Phi) is 5.24. The Morgan fingerprint density at radius 1 is 1.33 bits per heavy atom. The Labute approximate surface area is 126 Å². The lowest BCUT2D eigenvalue weighted by atomic mass is 9.96. The van der Waals surface area contributed by atoms with Crippen LogP contribution in [0.25, 0.3) is 0 Å². The number of piperidine rings is 1. The lowest BCUT2D eigenvalue weighted by molar-refractivity contribution is -0.146. The van der Waals surface area contributed by atoms with Gasteiger partial charge in [0.1, 0.15) is 6.04 Å². The number of hydrogen-bond donors (Lipinski definition) is 1. The van der Waals surface area contributed by atoms with Crippen molar-refractivity contribution in [3.63, 3.8) is 0 Å². The zero-order chi connectivity index (χ0) is 15.6. The molecule has 0 aromatic heterocycles. The van der Waals surface area contributed by atoms with Crippen molar-refractivity contribution in [2.24, 2.45) is 11.7 Å². The number of nitrogens with two attached hydrogens (primary N) is 1. The van der Waals surface area contributed by atoms with Crippen molar-refractivity contribution in [2.45, 2.75) is 45.2 Å². The molecule has 0 radical (unpaired) electrons. The van der Waals surface area contributed by atoms with Gasteiger partial charge in [0, 0.05) is 25.7 Å². The van der Waals surface area contributed by atoms with E-state index in [1.165, 1.54) is 8.61 Å². The van der Waals surface area contributed by atoms with Gasteiger partial charge >= 0.3 is 5.97 Å². The molecule has 8 heteroatoms. The summed E-state index contributed by atoms with van der Waals surface area (Å²) in [6.45, 7) is 5.16. The van der Waals surface area contributed by atoms with Gasteiger partial charge in [-0.25, -0.2) is 0 Å². The molecule has 2 saturated heterocycles. The molecule has 2 fully saturated rings. The number of ether oxygens (including phenoxy) is 1. The van der Waals surface area contributed by atoms with Crippen molar-refractivity contribution >= 4 is 16.2 Å². The number of nitrogens with zero attached hydrogens (tertiary/aromatic N) is 2. The predicted octanol–water partition coefficient (Wildman–Crippen LogP) is -0.0722. The average molecular weight is 319 g/mol. The van der Waals surface area contributed by atoms with E-state index in [1.807, 2.05) is 6.92 Å². The minimum absolute atomic E-state index is 0.155. The molecule has 0 spiro atoms. The molecular weight excluding hydrogens is 294 g/mol. The summed E-state index contributed by atoms with van der Waals surface area (Å²) in [6, 6.07) is -0.845. The van der Waals surface area contributed by atoms with Crippen molar-refractivity contribution in [3.05, 3.63) is 0 Å². The Balaban J connectivity index is 2.13. The maximum Gasteiger partial charge on any atom is 0.324 e. The molecule has 21 heavy (non-hydrogen) atoms. The summed E-state index contributed by atoms with van der Waals surface area (Å²) >= 11 is 0. The van der Waals surface area contributed by atoms with Crippen LogP contribution in [0.3, 0.4) is 0 Å². The molecule has 0 aromatic carbocycles. The fourth-order valence-corrected chi connectivity index (χ4v) is 4.78. The molecule has 0 aromatic rings. The van der Waals surface area contributed by atoms with Crippen LogP contribution >= 0.6 is 0 Å². The first-order chi connectivity index (χ1) is 9.87. The molecule has 0 amide bonds. The van der Waals surface area contributed by atoms with Crippen LogP contribution in [0.1, 0.15) is 33.1 Å². The van der Waals surface area contributed by atoms with E-state index >= 15 is 0 Å². The van der Waals surface area contributed by atoms with Gasteiger partial charge in [-0.05, 0) is 32.1 Å². The van der Waals surface area contributed by atoms with Crippen LogP contribution in [0, 0.1) is 5.92 Å². The summed E-state index contributed by atoms with van der Waals surface area (Å²) in [7, 11) is -3.64. The largest absolute Gasteiger partial charge is 0.465 e. The number of rotatable bonds is 4. The van der Waals surface area contributed by atoms with E-state index in [2.05, 4.69) is 0 Å². The number of carbonyl (C=O) groups is 1. The second-order valence-electron chi connectivity index (χ2n) is 5.82. The summed E-state index contributed by atoms with van der Waals surface area (Å²) in [5.41, 5.74) is 5.99. The minimum Gasteiger partial charge on any atom is -0.465 e. The molecule has 2 N–H and O–H groups in total. The molecule has 3 unspecified atom stereocenters. The van der Waals surface area contributed by atoms with Crippen molar-refractivity contribution < 1.29 is 17.9 Å². The Bertz CT molecular complexity index is 482. The summed E-state index contributed by atoms with van der Waals surface area (Å²) < 4.78 is 33.2. The summed E-state index contributed by atoms with van der Waals surface area (Å²) in [4.78, 5) is 11.9. The van der Waals surface area contributed by atoms with Crippen molar-refractivity contribution in [2.75, 3.05) is 26.2 Å². The van der Waals surface area contributed by atoms with Crippen LogP contribution in [-0.4, -0.2) is 61.3 Å². The maximum atomic E-state index is 12.7. The van der Waals surface area contributed by atoms with E-state index in [0.29, 0.717) is 38.4 Å². The second kappa shape index (κ2) is 6.60. The molecule has 2 aliphatic heterocycles. The van der Waals surface area contributed by atoms with E-state index < -0.39 is 22.2 Å². The first kappa shape index (κ1) is 16.7. The van der Waals surface area contributed by atoms with Gasteiger partial charge in [-0.1, -0.05) is 6.92 Å². The third-order valence-electron chi connectivity index (χ3n) is 4.36. The van der Waals surface area contributed by atoms with Crippen molar-refractivity contribution in [3.8, 4) is 0 Å². The van der Waals surface area contributed by atoms with Gasteiger partial charge in [-0.2, -0.15) is 17.0 Å². The fraction of sp³-hybridized carbons (Fsp3) is 0.923. The molecule has 0 bridgehead atoms. The number of carbonyl (C=O) groups excluding carboxylic acids is 1. The zero-order valence-electron chi connectivity index (χ0n) is 12.7. The Morgan fingerprint density at radius 2 is 2.05 bits per heavy atom. The normalized spacial score (nSPS) is 32.2. The van der Waals surface area contributed by atoms with Gasteiger partial charge in [-0.3, -0.25) is 4.79 Å². The lowest BCUT2D eigenvalue weighted by Crippen LogP contribution is -2.55. The molecule has 0 saturated carbocycles. The van der Waals surface area contributed by atoms with Crippen LogP contribution in [-0.2, 0) is 19.7 Å². The highest BCUT2D eigenvalue weighted by atomic mass is 32.2. The summed E-state index contributed by atoms with van der Waals surface area (Å²) in [5.74, 6) is -0.135. The monoisotopic (exact) mass is 319 g/mol. The molecule has 3 atom stereocenters. The highest BCUT2D eigenvalue weighted by Crippen LogP contribution is 2.27. The van der Waals surface area contributed by atoms with Gasteiger partial charge in [0.2, 0.25) is 0 Å². The smallest absolute Gasteiger partial charge is 0.324 e. The molecule has 2 heterocycles. The van der Waals surface area contributed by atoms with E-state index in [9.17, 15) is 13.2 Å². The van der Waals surface area contributed by atoms with Crippen LogP contribution in [0.4, 0.5) is 0 Å². The summed E-state index contributed by atoms with van der Waals surface area (Å²) in [6.07, 6.45) is 1.95. The Morgan fingerprint density at radius 3 is 2.67 bits per heavy atom. The van der Waals surface area contributed by atoms with Gasteiger partial charge in [0.15, 0.2) is 0 Å². The van der Waals surface area contributed by atoms with E-state index in [4.69, 9.17) is 10.5 Å². The third-order valence-corrected chi connectivity index (χ3v) is 6.38. The summed E-state index contributed by atoms with van der Waals surface area (Å²) in [5, 5.41) is 0. The second-order valence-corrected chi connectivity index (χ2v) is 7.70. The Hall–Kier alpha value is -0.700. The molecule has 2 aliphatic rings. The molecule has 7 nitrogen and oxygen atoms in total. The molecule has 122 valence electrons. The van der Waals surface area contributed by atoms with Gasteiger partial charge < -0.3 is 10.5 Å². The molecular formula is C13H25N3O4S. The topological polar surface area (TPSA) is 92.9 Å². The zero-order valence-corrected chi connectivity index (χ0v) is 13.5. The van der Waals surface area contributed by atoms with Gasteiger partial charge in [-0.15, -0.1) is 0 Å². The van der Waals surface area contributed by atoms with Gasteiger partial charge in [0.05, 0.1) is 6.61 Å². The van der Waals surface area contributed by atoms with E-state index in [-0.39, 0.29) is 12.6 Å². The van der Waals surface area contributed by atoms with Crippen LogP contribution in [0.15, 0.2) is 0 Å². The van der Waals surface area contributed by atoms with E-state index in [0.717, 1.165) is 6.42 Å². The number of hydrogen-bond acceptors (Lipinski definition) is 5. The quantitative estimate of drug-likeness (QED) is 0.732. The fourth-order valence-electron chi connectivity index (χ4n) is 2.92.